The molecule has 0 radical (unpaired) electrons. The van der Waals surface area contributed by atoms with Crippen LogP contribution in [0.4, 0.5) is 0 Å². The zero-order valence-electron chi connectivity index (χ0n) is 5.45. The Bertz CT molecular complexity index is 116. The number of esters is 1. The topological polar surface area (TPSA) is 66.8 Å². The van der Waals surface area contributed by atoms with Crippen molar-refractivity contribution in [1.82, 2.24) is 0 Å². The van der Waals surface area contributed by atoms with E-state index in [1.165, 1.54) is 0 Å². The first-order valence-electron chi connectivity index (χ1n) is 2.63. The van der Waals surface area contributed by atoms with E-state index < -0.39 is 18.2 Å². The standard InChI is InChI=1S/C5H9ClO4/c1-10-5(9)4(8)3(7)2-6/h3-4,7-8H,2H2,1H3/t3-,4+/m0/s1. The van der Waals surface area contributed by atoms with E-state index >= 15 is 0 Å². The Morgan fingerprint density at radius 2 is 2.20 bits per heavy atom. The van der Waals surface area contributed by atoms with Gasteiger partial charge < -0.3 is 14.9 Å². The van der Waals surface area contributed by atoms with Gasteiger partial charge in [-0.05, 0) is 0 Å². The van der Waals surface area contributed by atoms with Crippen LogP contribution in [0.1, 0.15) is 0 Å². The summed E-state index contributed by atoms with van der Waals surface area (Å²) >= 11 is 5.13. The number of carbonyl (C=O) groups excluding carboxylic acids is 1. The SMILES string of the molecule is COC(=O)[C@H](O)[C@@H](O)CCl. The summed E-state index contributed by atoms with van der Waals surface area (Å²) in [4.78, 5) is 10.4. The van der Waals surface area contributed by atoms with Crippen molar-refractivity contribution < 1.29 is 19.7 Å². The van der Waals surface area contributed by atoms with Gasteiger partial charge >= 0.3 is 5.97 Å². The van der Waals surface area contributed by atoms with Gasteiger partial charge in [0.15, 0.2) is 6.10 Å². The van der Waals surface area contributed by atoms with Gasteiger partial charge in [0, 0.05) is 0 Å². The zero-order chi connectivity index (χ0) is 8.15. The highest BCUT2D eigenvalue weighted by Gasteiger charge is 2.23. The quantitative estimate of drug-likeness (QED) is 0.424. The van der Waals surface area contributed by atoms with Gasteiger partial charge in [-0.2, -0.15) is 0 Å². The molecule has 10 heavy (non-hydrogen) atoms. The maximum Gasteiger partial charge on any atom is 0.337 e. The number of rotatable bonds is 3. The van der Waals surface area contributed by atoms with E-state index in [1.54, 1.807) is 0 Å². The van der Waals surface area contributed by atoms with Crippen LogP contribution in [-0.4, -0.2) is 41.4 Å². The van der Waals surface area contributed by atoms with Gasteiger partial charge in [0.05, 0.1) is 13.0 Å². The Hall–Kier alpha value is -0.320. The first-order valence-corrected chi connectivity index (χ1v) is 3.16. The summed E-state index contributed by atoms with van der Waals surface area (Å²) in [7, 11) is 1.12. The van der Waals surface area contributed by atoms with Gasteiger partial charge in [0.1, 0.15) is 6.10 Å². The van der Waals surface area contributed by atoms with Crippen molar-refractivity contribution in [2.75, 3.05) is 13.0 Å². The lowest BCUT2D eigenvalue weighted by atomic mass is 10.2. The molecule has 0 aromatic rings. The Morgan fingerprint density at radius 1 is 1.70 bits per heavy atom. The largest absolute Gasteiger partial charge is 0.467 e. The fourth-order valence-electron chi connectivity index (χ4n) is 0.362. The van der Waals surface area contributed by atoms with Crippen LogP contribution in [-0.2, 0) is 9.53 Å². The molecular formula is C5H9ClO4. The van der Waals surface area contributed by atoms with Crippen LogP contribution in [0, 0.1) is 0 Å². The Morgan fingerprint density at radius 3 is 2.50 bits per heavy atom. The third-order valence-corrected chi connectivity index (χ3v) is 1.28. The van der Waals surface area contributed by atoms with E-state index in [9.17, 15) is 4.79 Å². The summed E-state index contributed by atoms with van der Waals surface area (Å²) in [5, 5.41) is 17.5. The Balaban J connectivity index is 3.81. The summed E-state index contributed by atoms with van der Waals surface area (Å²) in [5.41, 5.74) is 0. The molecule has 2 N–H and O–H groups in total. The molecule has 5 heteroatoms. The van der Waals surface area contributed by atoms with Crippen molar-refractivity contribution in [3.63, 3.8) is 0 Å². The highest BCUT2D eigenvalue weighted by molar-refractivity contribution is 6.18. The van der Waals surface area contributed by atoms with E-state index in [1.807, 2.05) is 0 Å². The smallest absolute Gasteiger partial charge is 0.337 e. The molecule has 0 aromatic carbocycles. The number of hydrogen-bond donors (Lipinski definition) is 2. The molecule has 60 valence electrons. The molecule has 0 bridgehead atoms. The van der Waals surface area contributed by atoms with E-state index in [4.69, 9.17) is 21.8 Å². The second kappa shape index (κ2) is 4.49. The molecule has 4 nitrogen and oxygen atoms in total. The molecule has 0 amide bonds. The molecule has 0 aromatic heterocycles. The third kappa shape index (κ3) is 2.51. The summed E-state index contributed by atoms with van der Waals surface area (Å²) < 4.78 is 4.13. The number of hydrogen-bond acceptors (Lipinski definition) is 4. The van der Waals surface area contributed by atoms with Gasteiger partial charge in [-0.15, -0.1) is 11.6 Å². The van der Waals surface area contributed by atoms with Crippen LogP contribution < -0.4 is 0 Å². The van der Waals surface area contributed by atoms with Gasteiger partial charge in [-0.25, -0.2) is 4.79 Å². The summed E-state index contributed by atoms with van der Waals surface area (Å²) in [5.74, 6) is -1.08. The van der Waals surface area contributed by atoms with Crippen LogP contribution in [0.3, 0.4) is 0 Å². The van der Waals surface area contributed by atoms with E-state index in [-0.39, 0.29) is 5.88 Å². The van der Waals surface area contributed by atoms with Crippen molar-refractivity contribution >= 4 is 17.6 Å². The first kappa shape index (κ1) is 9.68. The van der Waals surface area contributed by atoms with Gasteiger partial charge in [-0.3, -0.25) is 0 Å². The fraction of sp³-hybridized carbons (Fsp3) is 0.800. The lowest BCUT2D eigenvalue weighted by Crippen LogP contribution is -2.35. The average molecular weight is 169 g/mol. The minimum Gasteiger partial charge on any atom is -0.467 e. The van der Waals surface area contributed by atoms with Crippen LogP contribution >= 0.6 is 11.6 Å². The lowest BCUT2D eigenvalue weighted by molar-refractivity contribution is -0.155. The normalized spacial score (nSPS) is 16.0. The molecule has 0 aliphatic rings. The number of aliphatic hydroxyl groups excluding tert-OH is 2. The Labute approximate surface area is 63.4 Å². The molecule has 0 spiro atoms. The van der Waals surface area contributed by atoms with Crippen molar-refractivity contribution in [3.8, 4) is 0 Å². The second-order valence-electron chi connectivity index (χ2n) is 1.69. The van der Waals surface area contributed by atoms with Crippen molar-refractivity contribution in [2.45, 2.75) is 12.2 Å². The predicted molar refractivity (Wildman–Crippen MR) is 34.7 cm³/mol. The van der Waals surface area contributed by atoms with Crippen LogP contribution in [0.15, 0.2) is 0 Å². The molecule has 0 aliphatic carbocycles. The molecule has 0 saturated carbocycles. The van der Waals surface area contributed by atoms with Crippen LogP contribution in [0.2, 0.25) is 0 Å². The molecule has 0 aliphatic heterocycles. The van der Waals surface area contributed by atoms with Crippen molar-refractivity contribution in [2.24, 2.45) is 0 Å². The second-order valence-corrected chi connectivity index (χ2v) is 2.00. The lowest BCUT2D eigenvalue weighted by Gasteiger charge is -2.11. The molecular weight excluding hydrogens is 160 g/mol. The Kier molecular flexibility index (Phi) is 4.34. The van der Waals surface area contributed by atoms with E-state index in [0.29, 0.717) is 0 Å². The number of carbonyl (C=O) groups is 1. The number of aliphatic hydroxyl groups is 2. The van der Waals surface area contributed by atoms with Gasteiger partial charge in [0.25, 0.3) is 0 Å². The highest BCUT2D eigenvalue weighted by atomic mass is 35.5. The van der Waals surface area contributed by atoms with Gasteiger partial charge in [-0.1, -0.05) is 0 Å². The third-order valence-electron chi connectivity index (χ3n) is 0.965. The highest BCUT2D eigenvalue weighted by Crippen LogP contribution is 1.97. The van der Waals surface area contributed by atoms with Crippen molar-refractivity contribution in [3.05, 3.63) is 0 Å². The molecule has 2 atom stereocenters. The maximum atomic E-state index is 10.4. The predicted octanol–water partition coefficient (Wildman–Crippen LogP) is -0.880. The average Bonchev–Trinajstić information content (AvgIpc) is 2.00. The summed E-state index contributed by atoms with van der Waals surface area (Å²) in [6, 6.07) is 0. The minimum atomic E-state index is -1.54. The summed E-state index contributed by atoms with van der Waals surface area (Å²) in [6.07, 6.45) is -2.79. The number of alkyl halides is 1. The van der Waals surface area contributed by atoms with E-state index in [2.05, 4.69) is 4.74 Å². The molecule has 0 rings (SSSR count). The molecule has 0 fully saturated rings. The number of halogens is 1. The van der Waals surface area contributed by atoms with Crippen LogP contribution in [0.25, 0.3) is 0 Å². The molecule has 0 saturated heterocycles. The monoisotopic (exact) mass is 168 g/mol. The van der Waals surface area contributed by atoms with Crippen molar-refractivity contribution in [1.29, 1.82) is 0 Å². The maximum absolute atomic E-state index is 10.4. The fourth-order valence-corrected chi connectivity index (χ4v) is 0.531. The number of ether oxygens (including phenoxy) is 1. The van der Waals surface area contributed by atoms with E-state index in [0.717, 1.165) is 7.11 Å². The number of methoxy groups -OCH3 is 1. The molecule has 0 unspecified atom stereocenters. The zero-order valence-corrected chi connectivity index (χ0v) is 6.21. The minimum absolute atomic E-state index is 0.198. The van der Waals surface area contributed by atoms with Crippen LogP contribution in [0.5, 0.6) is 0 Å². The van der Waals surface area contributed by atoms with Gasteiger partial charge in [0.2, 0.25) is 0 Å². The summed E-state index contributed by atoms with van der Waals surface area (Å²) in [6.45, 7) is 0. The first-order chi connectivity index (χ1) is 4.63. The molecule has 0 heterocycles.